The van der Waals surface area contributed by atoms with Gasteiger partial charge in [0.1, 0.15) is 0 Å². The second kappa shape index (κ2) is 3.32. The van der Waals surface area contributed by atoms with Crippen LogP contribution in [0.4, 0.5) is 0 Å². The summed E-state index contributed by atoms with van der Waals surface area (Å²) < 4.78 is 0. The van der Waals surface area contributed by atoms with E-state index in [2.05, 4.69) is 17.6 Å². The van der Waals surface area contributed by atoms with Crippen LogP contribution in [0.2, 0.25) is 0 Å². The Bertz CT molecular complexity index is 95.0. The SMILES string of the molecule is CCC1(N)CNCCNC1. The Morgan fingerprint density at radius 2 is 1.80 bits per heavy atom. The van der Waals surface area contributed by atoms with Gasteiger partial charge in [0, 0.05) is 31.7 Å². The van der Waals surface area contributed by atoms with Gasteiger partial charge in [-0.05, 0) is 6.42 Å². The number of hydrogen-bond acceptors (Lipinski definition) is 3. The van der Waals surface area contributed by atoms with Gasteiger partial charge in [-0.1, -0.05) is 6.92 Å². The van der Waals surface area contributed by atoms with Crippen LogP contribution in [-0.2, 0) is 0 Å². The maximum Gasteiger partial charge on any atom is 0.0404 e. The first kappa shape index (κ1) is 7.98. The number of rotatable bonds is 1. The van der Waals surface area contributed by atoms with Crippen LogP contribution in [0.1, 0.15) is 13.3 Å². The minimum absolute atomic E-state index is 0.0174. The van der Waals surface area contributed by atoms with Crippen LogP contribution in [0.15, 0.2) is 0 Å². The smallest absolute Gasteiger partial charge is 0.0404 e. The van der Waals surface area contributed by atoms with Gasteiger partial charge in [-0.25, -0.2) is 0 Å². The monoisotopic (exact) mass is 143 g/mol. The molecule has 0 aliphatic carbocycles. The van der Waals surface area contributed by atoms with E-state index < -0.39 is 0 Å². The van der Waals surface area contributed by atoms with Gasteiger partial charge in [0.2, 0.25) is 0 Å². The fourth-order valence-corrected chi connectivity index (χ4v) is 1.16. The van der Waals surface area contributed by atoms with Crippen molar-refractivity contribution in [2.24, 2.45) is 5.73 Å². The lowest BCUT2D eigenvalue weighted by molar-refractivity contribution is 0.396. The molecule has 0 amide bonds. The largest absolute Gasteiger partial charge is 0.323 e. The fourth-order valence-electron chi connectivity index (χ4n) is 1.16. The quantitative estimate of drug-likeness (QED) is 0.454. The molecule has 1 fully saturated rings. The summed E-state index contributed by atoms with van der Waals surface area (Å²) in [6, 6.07) is 0. The molecular formula is C7H17N3. The summed E-state index contributed by atoms with van der Waals surface area (Å²) in [5.74, 6) is 0. The molecule has 0 atom stereocenters. The van der Waals surface area contributed by atoms with E-state index in [1.807, 2.05) is 0 Å². The predicted molar refractivity (Wildman–Crippen MR) is 42.9 cm³/mol. The van der Waals surface area contributed by atoms with Crippen LogP contribution < -0.4 is 16.4 Å². The van der Waals surface area contributed by atoms with Crippen LogP contribution >= 0.6 is 0 Å². The zero-order valence-corrected chi connectivity index (χ0v) is 6.61. The molecule has 10 heavy (non-hydrogen) atoms. The molecule has 3 nitrogen and oxygen atoms in total. The van der Waals surface area contributed by atoms with Crippen molar-refractivity contribution >= 4 is 0 Å². The first-order chi connectivity index (χ1) is 4.77. The third-order valence-corrected chi connectivity index (χ3v) is 2.14. The highest BCUT2D eigenvalue weighted by Crippen LogP contribution is 2.03. The van der Waals surface area contributed by atoms with E-state index in [1.54, 1.807) is 0 Å². The number of nitrogens with two attached hydrogens (primary N) is 1. The van der Waals surface area contributed by atoms with Crippen molar-refractivity contribution < 1.29 is 0 Å². The lowest BCUT2D eigenvalue weighted by Crippen LogP contribution is -2.52. The average molecular weight is 143 g/mol. The van der Waals surface area contributed by atoms with E-state index >= 15 is 0 Å². The summed E-state index contributed by atoms with van der Waals surface area (Å²) in [5.41, 5.74) is 6.02. The zero-order chi connectivity index (χ0) is 7.45. The van der Waals surface area contributed by atoms with Crippen LogP contribution in [0.5, 0.6) is 0 Å². The molecule has 0 aromatic carbocycles. The van der Waals surface area contributed by atoms with Gasteiger partial charge in [0.05, 0.1) is 0 Å². The van der Waals surface area contributed by atoms with Gasteiger partial charge in [0.25, 0.3) is 0 Å². The summed E-state index contributed by atoms with van der Waals surface area (Å²) in [6.07, 6.45) is 1.03. The molecule has 0 aromatic rings. The molecule has 1 heterocycles. The second-order valence-corrected chi connectivity index (χ2v) is 3.07. The van der Waals surface area contributed by atoms with Crippen molar-refractivity contribution in [1.82, 2.24) is 10.6 Å². The van der Waals surface area contributed by atoms with Crippen molar-refractivity contribution in [2.45, 2.75) is 18.9 Å². The highest BCUT2D eigenvalue weighted by molar-refractivity contribution is 4.89. The van der Waals surface area contributed by atoms with Gasteiger partial charge in [-0.3, -0.25) is 0 Å². The first-order valence-electron chi connectivity index (χ1n) is 3.97. The van der Waals surface area contributed by atoms with E-state index in [0.717, 1.165) is 32.6 Å². The van der Waals surface area contributed by atoms with Crippen molar-refractivity contribution in [3.8, 4) is 0 Å². The van der Waals surface area contributed by atoms with E-state index in [1.165, 1.54) is 0 Å². The van der Waals surface area contributed by atoms with Crippen molar-refractivity contribution in [3.05, 3.63) is 0 Å². The number of hydrogen-bond donors (Lipinski definition) is 3. The topological polar surface area (TPSA) is 50.1 Å². The Balaban J connectivity index is 2.41. The minimum Gasteiger partial charge on any atom is -0.323 e. The van der Waals surface area contributed by atoms with Gasteiger partial charge in [0.15, 0.2) is 0 Å². The maximum absolute atomic E-state index is 6.03. The molecule has 4 N–H and O–H groups in total. The van der Waals surface area contributed by atoms with Crippen LogP contribution in [-0.4, -0.2) is 31.7 Å². The predicted octanol–water partition coefficient (Wildman–Crippen LogP) is -0.713. The van der Waals surface area contributed by atoms with E-state index in [9.17, 15) is 0 Å². The van der Waals surface area contributed by atoms with Crippen molar-refractivity contribution in [3.63, 3.8) is 0 Å². The van der Waals surface area contributed by atoms with Crippen LogP contribution in [0.25, 0.3) is 0 Å². The molecule has 0 unspecified atom stereocenters. The highest BCUT2D eigenvalue weighted by atomic mass is 15.0. The Hall–Kier alpha value is -0.120. The van der Waals surface area contributed by atoms with Gasteiger partial charge >= 0.3 is 0 Å². The van der Waals surface area contributed by atoms with E-state index in [4.69, 9.17) is 5.73 Å². The van der Waals surface area contributed by atoms with Crippen molar-refractivity contribution in [2.75, 3.05) is 26.2 Å². The lowest BCUT2D eigenvalue weighted by Gasteiger charge is -2.25. The summed E-state index contributed by atoms with van der Waals surface area (Å²) in [4.78, 5) is 0. The highest BCUT2D eigenvalue weighted by Gasteiger charge is 2.22. The molecule has 1 aliphatic rings. The van der Waals surface area contributed by atoms with Crippen LogP contribution in [0.3, 0.4) is 0 Å². The Morgan fingerprint density at radius 3 is 2.20 bits per heavy atom. The molecular weight excluding hydrogens is 126 g/mol. The Morgan fingerprint density at radius 1 is 1.30 bits per heavy atom. The maximum atomic E-state index is 6.03. The van der Waals surface area contributed by atoms with Crippen LogP contribution in [0, 0.1) is 0 Å². The van der Waals surface area contributed by atoms with Gasteiger partial charge in [-0.15, -0.1) is 0 Å². The third-order valence-electron chi connectivity index (χ3n) is 2.14. The summed E-state index contributed by atoms with van der Waals surface area (Å²) in [6.45, 7) is 6.10. The van der Waals surface area contributed by atoms with Crippen molar-refractivity contribution in [1.29, 1.82) is 0 Å². The average Bonchev–Trinajstić information content (AvgIpc) is 2.15. The third kappa shape index (κ3) is 1.94. The normalized spacial score (nSPS) is 25.8. The summed E-state index contributed by atoms with van der Waals surface area (Å²) >= 11 is 0. The second-order valence-electron chi connectivity index (χ2n) is 3.07. The molecule has 0 radical (unpaired) electrons. The Labute approximate surface area is 62.4 Å². The summed E-state index contributed by atoms with van der Waals surface area (Å²) in [7, 11) is 0. The molecule has 1 rings (SSSR count). The van der Waals surface area contributed by atoms with E-state index in [0.29, 0.717) is 0 Å². The van der Waals surface area contributed by atoms with E-state index in [-0.39, 0.29) is 5.54 Å². The minimum atomic E-state index is -0.0174. The molecule has 0 aromatic heterocycles. The van der Waals surface area contributed by atoms with Gasteiger partial charge < -0.3 is 16.4 Å². The fraction of sp³-hybridized carbons (Fsp3) is 1.00. The molecule has 0 spiro atoms. The molecule has 0 saturated carbocycles. The summed E-state index contributed by atoms with van der Waals surface area (Å²) in [5, 5.41) is 6.60. The molecule has 1 aliphatic heterocycles. The molecule has 3 heteroatoms. The molecule has 0 bridgehead atoms. The zero-order valence-electron chi connectivity index (χ0n) is 6.61. The standard InChI is InChI=1S/C7H17N3/c1-2-7(8)5-9-3-4-10-6-7/h9-10H,2-6,8H2,1H3. The lowest BCUT2D eigenvalue weighted by atomic mass is 9.98. The number of nitrogens with one attached hydrogen (secondary N) is 2. The van der Waals surface area contributed by atoms with Gasteiger partial charge in [-0.2, -0.15) is 0 Å². The first-order valence-corrected chi connectivity index (χ1v) is 3.97. The molecule has 60 valence electrons. The Kier molecular flexibility index (Phi) is 2.65. The molecule has 1 saturated heterocycles.